The van der Waals surface area contributed by atoms with Crippen LogP contribution in [0.4, 0.5) is 0 Å². The number of rotatable bonds is 5. The van der Waals surface area contributed by atoms with E-state index in [9.17, 15) is 9.59 Å². The van der Waals surface area contributed by atoms with E-state index in [0.29, 0.717) is 6.42 Å². The van der Waals surface area contributed by atoms with Gasteiger partial charge in [0.25, 0.3) is 0 Å². The van der Waals surface area contributed by atoms with Crippen LogP contribution in [0.1, 0.15) is 27.2 Å². The molecule has 0 bridgehead atoms. The summed E-state index contributed by atoms with van der Waals surface area (Å²) in [5.74, 6) is -0.997. The maximum absolute atomic E-state index is 11.8. The monoisotopic (exact) mass is 226 g/mol. The maximum Gasteiger partial charge on any atom is 0.324 e. The average molecular weight is 226 g/mol. The first-order valence-electron chi connectivity index (χ1n) is 5.60. The Morgan fingerprint density at radius 1 is 1.25 bits per heavy atom. The third-order valence-corrected chi connectivity index (χ3v) is 2.72. The topological polar surface area (TPSA) is 52.6 Å². The first kappa shape index (κ1) is 12.7. The first-order chi connectivity index (χ1) is 7.63. The van der Waals surface area contributed by atoms with Crippen molar-refractivity contribution < 1.29 is 19.1 Å². The number of esters is 2. The number of hydrogen-bond acceptors (Lipinski definition) is 4. The van der Waals surface area contributed by atoms with Gasteiger partial charge in [-0.3, -0.25) is 9.59 Å². The third-order valence-electron chi connectivity index (χ3n) is 2.72. The fourth-order valence-electron chi connectivity index (χ4n) is 1.83. The van der Waals surface area contributed by atoms with Crippen molar-refractivity contribution in [3.63, 3.8) is 0 Å². The molecule has 0 amide bonds. The van der Waals surface area contributed by atoms with E-state index >= 15 is 0 Å². The van der Waals surface area contributed by atoms with E-state index in [1.807, 2.05) is 19.1 Å². The molecular weight excluding hydrogens is 208 g/mol. The molecule has 1 aliphatic rings. The lowest BCUT2D eigenvalue weighted by Gasteiger charge is -2.13. The molecule has 0 spiro atoms. The highest BCUT2D eigenvalue weighted by atomic mass is 16.6. The van der Waals surface area contributed by atoms with E-state index < -0.39 is 17.4 Å². The van der Waals surface area contributed by atoms with Crippen LogP contribution in [0.2, 0.25) is 0 Å². The van der Waals surface area contributed by atoms with Gasteiger partial charge in [-0.1, -0.05) is 12.2 Å². The molecule has 4 nitrogen and oxygen atoms in total. The van der Waals surface area contributed by atoms with Gasteiger partial charge in [0.1, 0.15) is 0 Å². The smallest absolute Gasteiger partial charge is 0.324 e. The quantitative estimate of drug-likeness (QED) is 0.406. The minimum atomic E-state index is -1.07. The summed E-state index contributed by atoms with van der Waals surface area (Å²) in [6.07, 6.45) is 4.19. The van der Waals surface area contributed by atoms with Crippen molar-refractivity contribution in [1.29, 1.82) is 0 Å². The Labute approximate surface area is 95.6 Å². The second-order valence-electron chi connectivity index (χ2n) is 3.75. The van der Waals surface area contributed by atoms with Gasteiger partial charge in [-0.2, -0.15) is 0 Å². The van der Waals surface area contributed by atoms with Gasteiger partial charge >= 0.3 is 11.9 Å². The molecule has 0 aromatic carbocycles. The van der Waals surface area contributed by atoms with Crippen LogP contribution in [0.15, 0.2) is 12.2 Å². The molecule has 1 fully saturated rings. The van der Waals surface area contributed by atoms with Crippen molar-refractivity contribution in [3.8, 4) is 0 Å². The summed E-state index contributed by atoms with van der Waals surface area (Å²) < 4.78 is 9.88. The minimum Gasteiger partial charge on any atom is -0.465 e. The summed E-state index contributed by atoms with van der Waals surface area (Å²) in [6, 6.07) is 0. The number of allylic oxidation sites excluding steroid dienone is 2. The minimum absolute atomic E-state index is 0.0735. The molecule has 4 heteroatoms. The molecule has 0 unspecified atom stereocenters. The third kappa shape index (κ3) is 2.10. The van der Waals surface area contributed by atoms with Crippen LogP contribution in [0.3, 0.4) is 0 Å². The van der Waals surface area contributed by atoms with E-state index in [1.165, 1.54) is 0 Å². The lowest BCUT2D eigenvalue weighted by Crippen LogP contribution is -2.31. The van der Waals surface area contributed by atoms with Gasteiger partial charge in [0.05, 0.1) is 13.2 Å². The number of carbonyl (C=O) groups is 2. The molecule has 0 aromatic heterocycles. The molecule has 0 saturated heterocycles. The first-order valence-corrected chi connectivity index (χ1v) is 5.60. The van der Waals surface area contributed by atoms with Gasteiger partial charge in [0, 0.05) is 5.92 Å². The molecule has 1 atom stereocenters. The zero-order valence-corrected chi connectivity index (χ0v) is 9.99. The predicted octanol–water partition coefficient (Wildman–Crippen LogP) is 1.70. The van der Waals surface area contributed by atoms with E-state index in [-0.39, 0.29) is 19.1 Å². The highest BCUT2D eigenvalue weighted by Crippen LogP contribution is 2.55. The van der Waals surface area contributed by atoms with Gasteiger partial charge in [0.2, 0.25) is 0 Å². The summed E-state index contributed by atoms with van der Waals surface area (Å²) in [7, 11) is 0. The maximum atomic E-state index is 11.8. The zero-order chi connectivity index (χ0) is 12.2. The molecule has 0 heterocycles. The molecule has 90 valence electrons. The van der Waals surface area contributed by atoms with Crippen LogP contribution in [0.5, 0.6) is 0 Å². The lowest BCUT2D eigenvalue weighted by molar-refractivity contribution is -0.164. The summed E-state index contributed by atoms with van der Waals surface area (Å²) in [5.41, 5.74) is -1.07. The van der Waals surface area contributed by atoms with Crippen molar-refractivity contribution in [2.75, 3.05) is 13.2 Å². The van der Waals surface area contributed by atoms with Crippen LogP contribution in [0.25, 0.3) is 0 Å². The van der Waals surface area contributed by atoms with Crippen LogP contribution in [-0.4, -0.2) is 25.2 Å². The molecule has 0 aliphatic heterocycles. The number of carbonyl (C=O) groups excluding carboxylic acids is 2. The Balaban J connectivity index is 2.80. The molecular formula is C12H18O4. The van der Waals surface area contributed by atoms with Crippen molar-refractivity contribution in [1.82, 2.24) is 0 Å². The van der Waals surface area contributed by atoms with Gasteiger partial charge in [-0.25, -0.2) is 0 Å². The Morgan fingerprint density at radius 2 is 1.75 bits per heavy atom. The molecule has 0 radical (unpaired) electrons. The summed E-state index contributed by atoms with van der Waals surface area (Å²) in [6.45, 7) is 5.87. The van der Waals surface area contributed by atoms with Gasteiger partial charge < -0.3 is 9.47 Å². The molecule has 0 aromatic rings. The second kappa shape index (κ2) is 5.14. The molecule has 0 N–H and O–H groups in total. The SMILES string of the molecule is C/C=C/[C@H]1CC1(C(=O)OCC)C(=O)OCC. The van der Waals surface area contributed by atoms with Crippen molar-refractivity contribution >= 4 is 11.9 Å². The van der Waals surface area contributed by atoms with E-state index in [0.717, 1.165) is 0 Å². The standard InChI is InChI=1S/C12H18O4/c1-4-7-9-8-12(9,10(13)15-5-2)11(14)16-6-3/h4,7,9H,5-6,8H2,1-3H3/b7-4+/t9-/m0/s1. The summed E-state index contributed by atoms with van der Waals surface area (Å²) >= 11 is 0. The van der Waals surface area contributed by atoms with E-state index in [2.05, 4.69) is 0 Å². The Hall–Kier alpha value is -1.32. The average Bonchev–Trinajstić information content (AvgIpc) is 2.95. The van der Waals surface area contributed by atoms with Gasteiger partial charge in [0.15, 0.2) is 5.41 Å². The predicted molar refractivity (Wildman–Crippen MR) is 58.6 cm³/mol. The number of ether oxygens (including phenoxy) is 2. The fraction of sp³-hybridized carbons (Fsp3) is 0.667. The molecule has 1 aliphatic carbocycles. The Morgan fingerprint density at radius 3 is 2.12 bits per heavy atom. The highest BCUT2D eigenvalue weighted by Gasteiger charge is 2.67. The molecule has 1 saturated carbocycles. The lowest BCUT2D eigenvalue weighted by atomic mass is 10.0. The van der Waals surface area contributed by atoms with Gasteiger partial charge in [-0.05, 0) is 27.2 Å². The normalized spacial score (nSPS) is 21.8. The summed E-state index contributed by atoms with van der Waals surface area (Å²) in [5, 5.41) is 0. The van der Waals surface area contributed by atoms with Crippen LogP contribution < -0.4 is 0 Å². The Kier molecular flexibility index (Phi) is 4.10. The molecule has 1 rings (SSSR count). The van der Waals surface area contributed by atoms with Crippen molar-refractivity contribution in [2.24, 2.45) is 11.3 Å². The van der Waals surface area contributed by atoms with E-state index in [1.54, 1.807) is 13.8 Å². The van der Waals surface area contributed by atoms with Crippen LogP contribution in [0, 0.1) is 11.3 Å². The second-order valence-corrected chi connectivity index (χ2v) is 3.75. The largest absolute Gasteiger partial charge is 0.465 e. The van der Waals surface area contributed by atoms with Crippen LogP contribution >= 0.6 is 0 Å². The molecule has 16 heavy (non-hydrogen) atoms. The van der Waals surface area contributed by atoms with E-state index in [4.69, 9.17) is 9.47 Å². The van der Waals surface area contributed by atoms with Crippen LogP contribution in [-0.2, 0) is 19.1 Å². The van der Waals surface area contributed by atoms with Gasteiger partial charge in [-0.15, -0.1) is 0 Å². The highest BCUT2D eigenvalue weighted by molar-refractivity contribution is 6.04. The van der Waals surface area contributed by atoms with Crippen molar-refractivity contribution in [3.05, 3.63) is 12.2 Å². The summed E-state index contributed by atoms with van der Waals surface area (Å²) in [4.78, 5) is 23.5. The zero-order valence-electron chi connectivity index (χ0n) is 9.99. The Bertz CT molecular complexity index is 288. The van der Waals surface area contributed by atoms with Crippen molar-refractivity contribution in [2.45, 2.75) is 27.2 Å². The number of hydrogen-bond donors (Lipinski definition) is 0. The fourth-order valence-corrected chi connectivity index (χ4v) is 1.83.